The Bertz CT molecular complexity index is 992. The first kappa shape index (κ1) is 21.2. The number of carbonyl (C=O) groups excluding carboxylic acids is 1. The number of hydrazone groups is 1. The number of benzene rings is 3. The van der Waals surface area contributed by atoms with Gasteiger partial charge in [0.1, 0.15) is 12.4 Å². The molecular weight excluding hydrogens is 404 g/mol. The van der Waals surface area contributed by atoms with E-state index in [0.717, 1.165) is 5.56 Å². The Balaban J connectivity index is 1.59. The summed E-state index contributed by atoms with van der Waals surface area (Å²) in [6.45, 7) is 0.206. The monoisotopic (exact) mass is 424 g/mol. The van der Waals surface area contributed by atoms with E-state index in [1.807, 2.05) is 42.5 Å². The number of hydrogen-bond acceptors (Lipinski definition) is 5. The number of hydrogen-bond donors (Lipinski definition) is 1. The molecule has 0 radical (unpaired) electrons. The van der Waals surface area contributed by atoms with Crippen LogP contribution in [-0.2, 0) is 11.4 Å². The van der Waals surface area contributed by atoms with Crippen LogP contribution in [0.4, 0.5) is 0 Å². The van der Waals surface area contributed by atoms with Crippen molar-refractivity contribution in [3.63, 3.8) is 0 Å². The first-order valence-electron chi connectivity index (χ1n) is 9.19. The van der Waals surface area contributed by atoms with E-state index in [2.05, 4.69) is 10.5 Å². The largest absolute Gasteiger partial charge is 0.493 e. The number of amides is 1. The highest BCUT2D eigenvalue weighted by molar-refractivity contribution is 6.30. The van der Waals surface area contributed by atoms with Crippen LogP contribution in [0, 0.1) is 0 Å². The van der Waals surface area contributed by atoms with Crippen LogP contribution in [0.15, 0.2) is 77.9 Å². The van der Waals surface area contributed by atoms with E-state index in [4.69, 9.17) is 25.8 Å². The van der Waals surface area contributed by atoms with Crippen molar-refractivity contribution >= 4 is 23.7 Å². The number of carbonyl (C=O) groups is 1. The van der Waals surface area contributed by atoms with E-state index in [9.17, 15) is 4.79 Å². The molecule has 3 aromatic carbocycles. The van der Waals surface area contributed by atoms with Gasteiger partial charge in [0.15, 0.2) is 18.1 Å². The van der Waals surface area contributed by atoms with Crippen molar-refractivity contribution in [1.29, 1.82) is 0 Å². The van der Waals surface area contributed by atoms with Crippen LogP contribution in [0.5, 0.6) is 17.2 Å². The van der Waals surface area contributed by atoms with Gasteiger partial charge in [-0.1, -0.05) is 48.0 Å². The molecule has 0 atom stereocenters. The lowest BCUT2D eigenvalue weighted by molar-refractivity contribution is -0.123. The van der Waals surface area contributed by atoms with Gasteiger partial charge in [0.25, 0.3) is 5.91 Å². The van der Waals surface area contributed by atoms with Crippen molar-refractivity contribution in [2.45, 2.75) is 6.61 Å². The minimum absolute atomic E-state index is 0.172. The molecule has 1 amide bonds. The molecule has 3 rings (SSSR count). The zero-order valence-electron chi connectivity index (χ0n) is 16.4. The van der Waals surface area contributed by atoms with E-state index >= 15 is 0 Å². The number of rotatable bonds is 9. The Labute approximate surface area is 180 Å². The maximum atomic E-state index is 12.0. The molecule has 0 saturated heterocycles. The maximum Gasteiger partial charge on any atom is 0.277 e. The molecule has 0 bridgehead atoms. The fraction of sp³-hybridized carbons (Fsp3) is 0.130. The average Bonchev–Trinajstić information content (AvgIpc) is 2.78. The predicted molar refractivity (Wildman–Crippen MR) is 116 cm³/mol. The predicted octanol–water partition coefficient (Wildman–Crippen LogP) is 4.46. The summed E-state index contributed by atoms with van der Waals surface area (Å²) in [5, 5.41) is 4.59. The zero-order valence-corrected chi connectivity index (χ0v) is 17.1. The van der Waals surface area contributed by atoms with Crippen LogP contribution in [0.1, 0.15) is 11.1 Å². The Morgan fingerprint density at radius 2 is 1.77 bits per heavy atom. The minimum Gasteiger partial charge on any atom is -0.493 e. The van der Waals surface area contributed by atoms with Gasteiger partial charge in [0.05, 0.1) is 13.3 Å². The number of halogens is 1. The summed E-state index contributed by atoms with van der Waals surface area (Å²) in [4.78, 5) is 12.0. The summed E-state index contributed by atoms with van der Waals surface area (Å²) < 4.78 is 16.7. The molecule has 3 aromatic rings. The van der Waals surface area contributed by atoms with E-state index in [-0.39, 0.29) is 6.61 Å². The van der Waals surface area contributed by atoms with Crippen molar-refractivity contribution in [3.8, 4) is 17.2 Å². The summed E-state index contributed by atoms with van der Waals surface area (Å²) in [7, 11) is 1.57. The molecule has 0 aromatic heterocycles. The number of methoxy groups -OCH3 is 1. The van der Waals surface area contributed by atoms with Crippen molar-refractivity contribution in [1.82, 2.24) is 5.43 Å². The number of nitrogens with one attached hydrogen (secondary N) is 1. The molecule has 7 heteroatoms. The van der Waals surface area contributed by atoms with Gasteiger partial charge in [0.2, 0.25) is 0 Å². The third-order valence-electron chi connectivity index (χ3n) is 4.03. The molecule has 0 fully saturated rings. The van der Waals surface area contributed by atoms with Gasteiger partial charge in [-0.05, 0) is 42.0 Å². The summed E-state index contributed by atoms with van der Waals surface area (Å²) in [5.74, 6) is 1.27. The van der Waals surface area contributed by atoms with E-state index in [1.165, 1.54) is 6.21 Å². The highest BCUT2D eigenvalue weighted by Gasteiger charge is 2.10. The lowest BCUT2D eigenvalue weighted by Crippen LogP contribution is -2.24. The number of nitrogens with zero attached hydrogens (tertiary/aromatic N) is 1. The Morgan fingerprint density at radius 3 is 2.50 bits per heavy atom. The summed E-state index contributed by atoms with van der Waals surface area (Å²) >= 11 is 5.82. The fourth-order valence-corrected chi connectivity index (χ4v) is 2.69. The quantitative estimate of drug-likeness (QED) is 0.407. The van der Waals surface area contributed by atoms with E-state index in [0.29, 0.717) is 34.4 Å². The van der Waals surface area contributed by atoms with Crippen LogP contribution in [0.2, 0.25) is 5.02 Å². The lowest BCUT2D eigenvalue weighted by Gasteiger charge is -2.13. The van der Waals surface area contributed by atoms with Gasteiger partial charge < -0.3 is 14.2 Å². The van der Waals surface area contributed by atoms with E-state index in [1.54, 1.807) is 37.4 Å². The second kappa shape index (κ2) is 10.9. The molecule has 0 saturated carbocycles. The second-order valence-electron chi connectivity index (χ2n) is 6.19. The average molecular weight is 425 g/mol. The number of para-hydroxylation sites is 1. The molecule has 1 N–H and O–H groups in total. The molecule has 0 spiro atoms. The molecular formula is C23H21ClN2O4. The van der Waals surface area contributed by atoms with Gasteiger partial charge in [-0.2, -0.15) is 5.10 Å². The van der Waals surface area contributed by atoms with Gasteiger partial charge >= 0.3 is 0 Å². The van der Waals surface area contributed by atoms with Crippen LogP contribution >= 0.6 is 11.6 Å². The summed E-state index contributed by atoms with van der Waals surface area (Å²) in [6, 6.07) is 22.0. The fourth-order valence-electron chi connectivity index (χ4n) is 2.57. The third-order valence-corrected chi connectivity index (χ3v) is 4.28. The Kier molecular flexibility index (Phi) is 7.69. The SMILES string of the molecule is COc1cccc(/C=N\NC(=O)COc2ccc(Cl)cc2)c1OCc1ccccc1. The second-order valence-corrected chi connectivity index (χ2v) is 6.63. The van der Waals surface area contributed by atoms with Crippen molar-refractivity contribution in [2.75, 3.05) is 13.7 Å². The molecule has 30 heavy (non-hydrogen) atoms. The van der Waals surface area contributed by atoms with Crippen molar-refractivity contribution < 1.29 is 19.0 Å². The molecule has 0 aliphatic carbocycles. The van der Waals surface area contributed by atoms with Crippen molar-refractivity contribution in [3.05, 3.63) is 88.9 Å². The van der Waals surface area contributed by atoms with Gasteiger partial charge in [-0.3, -0.25) is 4.79 Å². The number of ether oxygens (including phenoxy) is 3. The molecule has 0 aliphatic rings. The summed E-state index contributed by atoms with van der Waals surface area (Å²) in [6.07, 6.45) is 1.50. The van der Waals surface area contributed by atoms with Crippen LogP contribution in [0.3, 0.4) is 0 Å². The first-order valence-corrected chi connectivity index (χ1v) is 9.57. The maximum absolute atomic E-state index is 12.0. The first-order chi connectivity index (χ1) is 14.7. The molecule has 6 nitrogen and oxygen atoms in total. The molecule has 0 unspecified atom stereocenters. The van der Waals surface area contributed by atoms with Gasteiger partial charge in [-0.15, -0.1) is 0 Å². The van der Waals surface area contributed by atoms with Gasteiger partial charge in [0, 0.05) is 10.6 Å². The Hall–Kier alpha value is -3.51. The standard InChI is InChI=1S/C23H21ClN2O4/c1-28-21-9-5-8-18(23(21)30-15-17-6-3-2-4-7-17)14-25-26-22(27)16-29-20-12-10-19(24)11-13-20/h2-14H,15-16H2,1H3,(H,26,27)/b25-14-. The Morgan fingerprint density at radius 1 is 1.00 bits per heavy atom. The molecule has 0 aliphatic heterocycles. The van der Waals surface area contributed by atoms with Gasteiger partial charge in [-0.25, -0.2) is 5.43 Å². The minimum atomic E-state index is -0.393. The molecule has 154 valence electrons. The van der Waals surface area contributed by atoms with Crippen LogP contribution in [-0.4, -0.2) is 25.8 Å². The third kappa shape index (κ3) is 6.25. The summed E-state index contributed by atoms with van der Waals surface area (Å²) in [5.41, 5.74) is 4.13. The molecule has 0 heterocycles. The zero-order chi connectivity index (χ0) is 21.2. The van der Waals surface area contributed by atoms with E-state index < -0.39 is 5.91 Å². The van der Waals surface area contributed by atoms with Crippen LogP contribution < -0.4 is 19.6 Å². The van der Waals surface area contributed by atoms with Crippen molar-refractivity contribution in [2.24, 2.45) is 5.10 Å². The smallest absolute Gasteiger partial charge is 0.277 e. The van der Waals surface area contributed by atoms with Crippen LogP contribution in [0.25, 0.3) is 0 Å². The highest BCUT2D eigenvalue weighted by Crippen LogP contribution is 2.30. The topological polar surface area (TPSA) is 69.2 Å². The lowest BCUT2D eigenvalue weighted by atomic mass is 10.2. The normalized spacial score (nSPS) is 10.6. The highest BCUT2D eigenvalue weighted by atomic mass is 35.5.